The zero-order valence-electron chi connectivity index (χ0n) is 11.7. The molecule has 0 radical (unpaired) electrons. The van der Waals surface area contributed by atoms with Gasteiger partial charge < -0.3 is 5.32 Å². The van der Waals surface area contributed by atoms with E-state index >= 15 is 0 Å². The van der Waals surface area contributed by atoms with Gasteiger partial charge in [0.15, 0.2) is 5.82 Å². The van der Waals surface area contributed by atoms with Crippen molar-refractivity contribution in [2.45, 2.75) is 27.3 Å². The maximum Gasteiger partial charge on any atom is 0.159 e. The first-order valence-electron chi connectivity index (χ1n) is 6.28. The molecule has 1 heterocycles. The van der Waals surface area contributed by atoms with Crippen molar-refractivity contribution in [2.75, 3.05) is 7.05 Å². The number of nitrogens with zero attached hydrogens (tertiary/aromatic N) is 2. The van der Waals surface area contributed by atoms with Gasteiger partial charge in [0.25, 0.3) is 0 Å². The van der Waals surface area contributed by atoms with Crippen LogP contribution in [-0.4, -0.2) is 17.0 Å². The summed E-state index contributed by atoms with van der Waals surface area (Å²) in [4.78, 5) is 9.04. The lowest BCUT2D eigenvalue weighted by atomic mass is 10.1. The molecule has 2 rings (SSSR count). The van der Waals surface area contributed by atoms with E-state index in [0.29, 0.717) is 11.4 Å². The summed E-state index contributed by atoms with van der Waals surface area (Å²) < 4.78 is 13.3. The molecule has 0 amide bonds. The molecule has 0 unspecified atom stereocenters. The second kappa shape index (κ2) is 5.45. The second-order valence-electron chi connectivity index (χ2n) is 4.69. The van der Waals surface area contributed by atoms with Gasteiger partial charge in [0.2, 0.25) is 0 Å². The largest absolute Gasteiger partial charge is 0.316 e. The van der Waals surface area contributed by atoms with E-state index in [1.807, 2.05) is 20.9 Å². The second-order valence-corrected chi connectivity index (χ2v) is 4.69. The molecule has 1 aromatic heterocycles. The minimum absolute atomic E-state index is 0.205. The molecular weight excluding hydrogens is 241 g/mol. The van der Waals surface area contributed by atoms with Gasteiger partial charge in [-0.05, 0) is 51.6 Å². The van der Waals surface area contributed by atoms with E-state index in [0.717, 1.165) is 29.1 Å². The number of halogens is 1. The van der Waals surface area contributed by atoms with Crippen molar-refractivity contribution < 1.29 is 4.39 Å². The Morgan fingerprint density at radius 2 is 1.74 bits per heavy atom. The summed E-state index contributed by atoms with van der Waals surface area (Å²) in [6.45, 7) is 6.44. The maximum atomic E-state index is 13.3. The predicted octanol–water partition coefficient (Wildman–Crippen LogP) is 2.93. The summed E-state index contributed by atoms with van der Waals surface area (Å²) in [5.74, 6) is 0.446. The lowest BCUT2D eigenvalue weighted by molar-refractivity contribution is 0.618. The van der Waals surface area contributed by atoms with E-state index in [9.17, 15) is 4.39 Å². The highest BCUT2D eigenvalue weighted by molar-refractivity contribution is 5.57. The zero-order valence-corrected chi connectivity index (χ0v) is 11.7. The average Bonchev–Trinajstić information content (AvgIpc) is 2.37. The van der Waals surface area contributed by atoms with Crippen LogP contribution in [0.3, 0.4) is 0 Å². The molecule has 0 atom stereocenters. The summed E-state index contributed by atoms with van der Waals surface area (Å²) in [5.41, 5.74) is 4.49. The van der Waals surface area contributed by atoms with Crippen LogP contribution in [0.1, 0.15) is 22.5 Å². The Kier molecular flexibility index (Phi) is 3.90. The summed E-state index contributed by atoms with van der Waals surface area (Å²) in [7, 11) is 1.90. The fourth-order valence-corrected chi connectivity index (χ4v) is 2.08. The molecule has 1 N–H and O–H groups in total. The normalized spacial score (nSPS) is 10.8. The third kappa shape index (κ3) is 2.79. The molecule has 0 bridgehead atoms. The van der Waals surface area contributed by atoms with E-state index in [2.05, 4.69) is 15.3 Å². The Labute approximate surface area is 112 Å². The van der Waals surface area contributed by atoms with Crippen molar-refractivity contribution in [1.82, 2.24) is 15.3 Å². The van der Waals surface area contributed by atoms with Crippen LogP contribution in [0.25, 0.3) is 11.4 Å². The lowest BCUT2D eigenvalue weighted by Gasteiger charge is -2.11. The molecule has 2 aromatic rings. The van der Waals surface area contributed by atoms with Gasteiger partial charge in [0, 0.05) is 29.1 Å². The predicted molar refractivity (Wildman–Crippen MR) is 74.4 cm³/mol. The standard InChI is InChI=1S/C15H18FN3/c1-9-7-12(5-6-14(9)16)15-18-10(2)13(8-17-4)11(3)19-15/h5-7,17H,8H2,1-4H3. The van der Waals surface area contributed by atoms with Gasteiger partial charge in [0.1, 0.15) is 5.82 Å². The topological polar surface area (TPSA) is 37.8 Å². The van der Waals surface area contributed by atoms with Crippen LogP contribution in [0.4, 0.5) is 4.39 Å². The molecule has 19 heavy (non-hydrogen) atoms. The third-order valence-electron chi connectivity index (χ3n) is 3.19. The fourth-order valence-electron chi connectivity index (χ4n) is 2.08. The van der Waals surface area contributed by atoms with Crippen molar-refractivity contribution in [2.24, 2.45) is 0 Å². The first-order chi connectivity index (χ1) is 9.02. The Bertz CT molecular complexity index is 585. The molecule has 1 aromatic carbocycles. The summed E-state index contributed by atoms with van der Waals surface area (Å²) >= 11 is 0. The van der Waals surface area contributed by atoms with Gasteiger partial charge in [-0.2, -0.15) is 0 Å². The minimum atomic E-state index is -0.205. The number of hydrogen-bond acceptors (Lipinski definition) is 3. The smallest absolute Gasteiger partial charge is 0.159 e. The van der Waals surface area contributed by atoms with Crippen LogP contribution < -0.4 is 5.32 Å². The Morgan fingerprint density at radius 3 is 2.26 bits per heavy atom. The van der Waals surface area contributed by atoms with Gasteiger partial charge >= 0.3 is 0 Å². The molecule has 0 aliphatic heterocycles. The highest BCUT2D eigenvalue weighted by Crippen LogP contribution is 2.21. The van der Waals surface area contributed by atoms with Gasteiger partial charge in [-0.15, -0.1) is 0 Å². The van der Waals surface area contributed by atoms with Crippen LogP contribution >= 0.6 is 0 Å². The highest BCUT2D eigenvalue weighted by atomic mass is 19.1. The maximum absolute atomic E-state index is 13.3. The van der Waals surface area contributed by atoms with Crippen LogP contribution in [0, 0.1) is 26.6 Å². The zero-order chi connectivity index (χ0) is 14.0. The van der Waals surface area contributed by atoms with Gasteiger partial charge in [0.05, 0.1) is 0 Å². The molecule has 100 valence electrons. The number of benzene rings is 1. The van der Waals surface area contributed by atoms with E-state index in [1.54, 1.807) is 19.1 Å². The Morgan fingerprint density at radius 1 is 1.11 bits per heavy atom. The highest BCUT2D eigenvalue weighted by Gasteiger charge is 2.10. The summed E-state index contributed by atoms with van der Waals surface area (Å²) in [6, 6.07) is 4.95. The number of rotatable bonds is 3. The van der Waals surface area contributed by atoms with Crippen molar-refractivity contribution in [1.29, 1.82) is 0 Å². The monoisotopic (exact) mass is 259 g/mol. The van der Waals surface area contributed by atoms with E-state index in [-0.39, 0.29) is 5.82 Å². The average molecular weight is 259 g/mol. The van der Waals surface area contributed by atoms with E-state index in [4.69, 9.17) is 0 Å². The van der Waals surface area contributed by atoms with Crippen LogP contribution in [0.2, 0.25) is 0 Å². The minimum Gasteiger partial charge on any atom is -0.316 e. The fraction of sp³-hybridized carbons (Fsp3) is 0.333. The summed E-state index contributed by atoms with van der Waals surface area (Å²) in [6.07, 6.45) is 0. The Hall–Kier alpha value is -1.81. The summed E-state index contributed by atoms with van der Waals surface area (Å²) in [5, 5.41) is 3.11. The number of aryl methyl sites for hydroxylation is 3. The number of aromatic nitrogens is 2. The van der Waals surface area contributed by atoms with E-state index in [1.165, 1.54) is 6.07 Å². The van der Waals surface area contributed by atoms with Gasteiger partial charge in [-0.25, -0.2) is 14.4 Å². The molecule has 4 heteroatoms. The SMILES string of the molecule is CNCc1c(C)nc(-c2ccc(F)c(C)c2)nc1C. The third-order valence-corrected chi connectivity index (χ3v) is 3.19. The molecule has 0 spiro atoms. The molecule has 0 fully saturated rings. The van der Waals surface area contributed by atoms with Gasteiger partial charge in [-0.1, -0.05) is 0 Å². The molecule has 0 saturated heterocycles. The number of hydrogen-bond donors (Lipinski definition) is 1. The van der Waals surface area contributed by atoms with Crippen LogP contribution in [-0.2, 0) is 6.54 Å². The number of nitrogens with one attached hydrogen (secondary N) is 1. The quantitative estimate of drug-likeness (QED) is 0.921. The lowest BCUT2D eigenvalue weighted by Crippen LogP contribution is -2.11. The van der Waals surface area contributed by atoms with Crippen molar-refractivity contribution in [3.05, 3.63) is 46.5 Å². The molecule has 0 aliphatic carbocycles. The van der Waals surface area contributed by atoms with Crippen molar-refractivity contribution >= 4 is 0 Å². The molecule has 0 aliphatic rings. The first-order valence-corrected chi connectivity index (χ1v) is 6.28. The Balaban J connectivity index is 2.48. The van der Waals surface area contributed by atoms with Crippen LogP contribution in [0.15, 0.2) is 18.2 Å². The van der Waals surface area contributed by atoms with Gasteiger partial charge in [-0.3, -0.25) is 0 Å². The molecule has 0 saturated carbocycles. The van der Waals surface area contributed by atoms with Crippen molar-refractivity contribution in [3.8, 4) is 11.4 Å². The molecule has 3 nitrogen and oxygen atoms in total. The van der Waals surface area contributed by atoms with Crippen LogP contribution in [0.5, 0.6) is 0 Å². The van der Waals surface area contributed by atoms with Crippen molar-refractivity contribution in [3.63, 3.8) is 0 Å². The first kappa shape index (κ1) is 13.6. The van der Waals surface area contributed by atoms with E-state index < -0.39 is 0 Å². The molecular formula is C15H18FN3.